The second-order valence-corrected chi connectivity index (χ2v) is 3.73. The monoisotopic (exact) mass is 207 g/mol. The summed E-state index contributed by atoms with van der Waals surface area (Å²) in [5.41, 5.74) is -0.869. The molecule has 0 unspecified atom stereocenters. The molecule has 1 aromatic rings. The van der Waals surface area contributed by atoms with Gasteiger partial charge in [0.25, 0.3) is 0 Å². The third kappa shape index (κ3) is 1.52. The molecule has 1 heterocycles. The highest BCUT2D eigenvalue weighted by atomic mass is 35.5. The molecule has 72 valence electrons. The van der Waals surface area contributed by atoms with Crippen molar-refractivity contribution in [3.8, 4) is 0 Å². The van der Waals surface area contributed by atoms with E-state index in [-0.39, 0.29) is 11.8 Å². The lowest BCUT2D eigenvalue weighted by Gasteiger charge is -2.13. The molecule has 0 N–H and O–H groups in total. The summed E-state index contributed by atoms with van der Waals surface area (Å²) in [6.07, 6.45) is 0.203. The van der Waals surface area contributed by atoms with Gasteiger partial charge in [-0.25, -0.2) is 8.78 Å². The lowest BCUT2D eigenvalue weighted by atomic mass is 10.1. The van der Waals surface area contributed by atoms with Gasteiger partial charge >= 0.3 is 0 Å². The van der Waals surface area contributed by atoms with Gasteiger partial charge in [-0.15, -0.1) is 10.2 Å². The molecule has 0 bridgehead atoms. The molecule has 3 nitrogen and oxygen atoms in total. The molecule has 0 radical (unpaired) electrons. The Morgan fingerprint density at radius 2 is 2.31 bits per heavy atom. The fourth-order valence-corrected chi connectivity index (χ4v) is 1.44. The summed E-state index contributed by atoms with van der Waals surface area (Å²) in [5.74, 6) is 0. The van der Waals surface area contributed by atoms with Crippen LogP contribution in [0.2, 0.25) is 5.28 Å². The molecule has 1 fully saturated rings. The topological polar surface area (TPSA) is 30.7 Å². The Hall–Kier alpha value is -0.710. The summed E-state index contributed by atoms with van der Waals surface area (Å²) in [5, 5.41) is 7.22. The van der Waals surface area contributed by atoms with Crippen molar-refractivity contribution in [2.75, 3.05) is 0 Å². The third-order valence-electron chi connectivity index (χ3n) is 2.41. The minimum Gasteiger partial charge on any atom is -0.304 e. The molecule has 1 aliphatic carbocycles. The molecule has 6 heteroatoms. The maximum atomic E-state index is 12.5. The average molecular weight is 208 g/mol. The zero-order chi connectivity index (χ0) is 9.47. The van der Waals surface area contributed by atoms with Crippen molar-refractivity contribution in [1.29, 1.82) is 0 Å². The average Bonchev–Trinajstić information content (AvgIpc) is 2.74. The molecule has 0 saturated heterocycles. The Labute approximate surface area is 78.7 Å². The molecule has 0 atom stereocenters. The van der Waals surface area contributed by atoms with Gasteiger partial charge in [-0.1, -0.05) is 0 Å². The molecule has 1 aliphatic rings. The van der Waals surface area contributed by atoms with Crippen LogP contribution in [0.1, 0.15) is 12.8 Å². The van der Waals surface area contributed by atoms with E-state index in [0.717, 1.165) is 0 Å². The van der Waals surface area contributed by atoms with E-state index in [0.29, 0.717) is 12.8 Å². The van der Waals surface area contributed by atoms with Crippen LogP contribution in [-0.4, -0.2) is 21.2 Å². The second-order valence-electron chi connectivity index (χ2n) is 3.39. The van der Waals surface area contributed by atoms with Crippen LogP contribution < -0.4 is 0 Å². The zero-order valence-electron chi connectivity index (χ0n) is 6.75. The molecular weight excluding hydrogens is 200 g/mol. The van der Waals surface area contributed by atoms with Gasteiger partial charge in [-0.05, 0) is 24.4 Å². The number of alkyl halides is 2. The zero-order valence-corrected chi connectivity index (χ0v) is 7.51. The van der Waals surface area contributed by atoms with E-state index in [1.54, 1.807) is 0 Å². The number of nitrogens with zero attached hydrogens (tertiary/aromatic N) is 3. The number of rotatable bonds is 3. The number of hydrogen-bond acceptors (Lipinski definition) is 2. The molecule has 1 saturated carbocycles. The van der Waals surface area contributed by atoms with Gasteiger partial charge in [0.05, 0.1) is 0 Å². The van der Waals surface area contributed by atoms with E-state index >= 15 is 0 Å². The van der Waals surface area contributed by atoms with Gasteiger partial charge in [-0.2, -0.15) is 0 Å². The Balaban J connectivity index is 2.10. The van der Waals surface area contributed by atoms with Crippen LogP contribution in [-0.2, 0) is 6.54 Å². The number of halogens is 3. The van der Waals surface area contributed by atoms with Crippen LogP contribution >= 0.6 is 11.6 Å². The van der Waals surface area contributed by atoms with E-state index in [4.69, 9.17) is 11.6 Å². The smallest absolute Gasteiger partial charge is 0.245 e. The SMILES string of the molecule is FC(F)C1(Cn2cnnc2Cl)CC1. The van der Waals surface area contributed by atoms with Crippen molar-refractivity contribution in [2.24, 2.45) is 5.41 Å². The van der Waals surface area contributed by atoms with Crippen LogP contribution in [0.15, 0.2) is 6.33 Å². The largest absolute Gasteiger partial charge is 0.304 e. The summed E-state index contributed by atoms with van der Waals surface area (Å²) >= 11 is 5.62. The van der Waals surface area contributed by atoms with Gasteiger partial charge in [0.15, 0.2) is 0 Å². The van der Waals surface area contributed by atoms with Crippen molar-refractivity contribution in [1.82, 2.24) is 14.8 Å². The van der Waals surface area contributed by atoms with Crippen LogP contribution in [0.4, 0.5) is 8.78 Å². The summed E-state index contributed by atoms with van der Waals surface area (Å²) in [6.45, 7) is 0.219. The summed E-state index contributed by atoms with van der Waals surface area (Å²) in [7, 11) is 0. The molecule has 0 amide bonds. The van der Waals surface area contributed by atoms with Crippen LogP contribution in [0.25, 0.3) is 0 Å². The summed E-state index contributed by atoms with van der Waals surface area (Å²) in [4.78, 5) is 0. The van der Waals surface area contributed by atoms with Crippen LogP contribution in [0.3, 0.4) is 0 Å². The molecule has 0 aliphatic heterocycles. The molecule has 0 aromatic carbocycles. The van der Waals surface area contributed by atoms with Gasteiger partial charge in [0, 0.05) is 12.0 Å². The third-order valence-corrected chi connectivity index (χ3v) is 2.70. The Morgan fingerprint density at radius 3 is 2.69 bits per heavy atom. The minimum absolute atomic E-state index is 0.173. The lowest BCUT2D eigenvalue weighted by Crippen LogP contribution is -2.19. The van der Waals surface area contributed by atoms with Crippen molar-refractivity contribution in [3.05, 3.63) is 11.6 Å². The van der Waals surface area contributed by atoms with Crippen LogP contribution in [0.5, 0.6) is 0 Å². The van der Waals surface area contributed by atoms with Gasteiger partial charge in [0.1, 0.15) is 6.33 Å². The molecule has 1 aromatic heterocycles. The summed E-state index contributed by atoms with van der Waals surface area (Å²) < 4.78 is 26.5. The molecule has 0 spiro atoms. The standard InChI is InChI=1S/C7H8ClF2N3/c8-6-12-11-4-13(6)3-7(1-2-7)5(9)10/h4-5H,1-3H2. The maximum absolute atomic E-state index is 12.5. The molecule has 13 heavy (non-hydrogen) atoms. The maximum Gasteiger partial charge on any atom is 0.245 e. The van der Waals surface area contributed by atoms with E-state index in [1.807, 2.05) is 0 Å². The predicted octanol–water partition coefficient (Wildman–Crippen LogP) is 1.98. The van der Waals surface area contributed by atoms with Gasteiger partial charge < -0.3 is 4.57 Å². The quantitative estimate of drug-likeness (QED) is 0.759. The van der Waals surface area contributed by atoms with E-state index in [9.17, 15) is 8.78 Å². The normalized spacial score (nSPS) is 19.4. The minimum atomic E-state index is -2.29. The van der Waals surface area contributed by atoms with E-state index in [1.165, 1.54) is 10.9 Å². The summed E-state index contributed by atoms with van der Waals surface area (Å²) in [6, 6.07) is 0. The van der Waals surface area contributed by atoms with Crippen LogP contribution in [0, 0.1) is 5.41 Å². The number of aromatic nitrogens is 3. The van der Waals surface area contributed by atoms with Crippen molar-refractivity contribution in [3.63, 3.8) is 0 Å². The highest BCUT2D eigenvalue weighted by Gasteiger charge is 2.51. The van der Waals surface area contributed by atoms with Crippen molar-refractivity contribution >= 4 is 11.6 Å². The van der Waals surface area contributed by atoms with E-state index in [2.05, 4.69) is 10.2 Å². The fourth-order valence-electron chi connectivity index (χ4n) is 1.29. The molecule has 2 rings (SSSR count). The van der Waals surface area contributed by atoms with Crippen molar-refractivity contribution in [2.45, 2.75) is 25.8 Å². The van der Waals surface area contributed by atoms with Gasteiger partial charge in [0.2, 0.25) is 11.7 Å². The molecular formula is C7H8ClF2N3. The first-order valence-corrected chi connectivity index (χ1v) is 4.33. The van der Waals surface area contributed by atoms with E-state index < -0.39 is 11.8 Å². The van der Waals surface area contributed by atoms with Gasteiger partial charge in [-0.3, -0.25) is 0 Å². The first kappa shape index (κ1) is 8.87. The highest BCUT2D eigenvalue weighted by molar-refractivity contribution is 6.28. The fraction of sp³-hybridized carbons (Fsp3) is 0.714. The Kier molecular flexibility index (Phi) is 1.98. The first-order valence-electron chi connectivity index (χ1n) is 3.95. The lowest BCUT2D eigenvalue weighted by molar-refractivity contribution is 0.0512. The Morgan fingerprint density at radius 1 is 1.62 bits per heavy atom. The second kappa shape index (κ2) is 2.90. The first-order chi connectivity index (χ1) is 6.14. The predicted molar refractivity (Wildman–Crippen MR) is 42.7 cm³/mol. The number of hydrogen-bond donors (Lipinski definition) is 0. The highest BCUT2D eigenvalue weighted by Crippen LogP contribution is 2.52. The van der Waals surface area contributed by atoms with Crippen molar-refractivity contribution < 1.29 is 8.78 Å². The Bertz CT molecular complexity index is 308.